The van der Waals surface area contributed by atoms with E-state index in [4.69, 9.17) is 4.74 Å². The van der Waals surface area contributed by atoms with Crippen LogP contribution in [0.4, 0.5) is 11.6 Å². The third-order valence-electron chi connectivity index (χ3n) is 2.64. The molecule has 2 rings (SSSR count). The van der Waals surface area contributed by atoms with Gasteiger partial charge in [0.15, 0.2) is 0 Å². The second-order valence-corrected chi connectivity index (χ2v) is 4.03. The zero-order chi connectivity index (χ0) is 12.8. The van der Waals surface area contributed by atoms with Crippen molar-refractivity contribution in [3.63, 3.8) is 0 Å². The topological polar surface area (TPSA) is 39.1 Å². The van der Waals surface area contributed by atoms with Crippen molar-refractivity contribution in [3.8, 4) is 5.75 Å². The standard InChI is InChI=1S/C14H19N3O/c1-3-11-18-13-7-5-12(6-8-13)16-14-15-9-10-17(14)4-2/h5-10H,3-4,11H2,1-2H3,(H,15,16). The molecule has 0 saturated heterocycles. The quantitative estimate of drug-likeness (QED) is 0.847. The van der Waals surface area contributed by atoms with Crippen LogP contribution in [-0.4, -0.2) is 16.2 Å². The largest absolute Gasteiger partial charge is 0.494 e. The Morgan fingerprint density at radius 3 is 2.67 bits per heavy atom. The van der Waals surface area contributed by atoms with Crippen LogP contribution < -0.4 is 10.1 Å². The number of ether oxygens (including phenoxy) is 1. The molecule has 0 radical (unpaired) electrons. The molecule has 0 aliphatic carbocycles. The number of anilines is 2. The van der Waals surface area contributed by atoms with E-state index >= 15 is 0 Å². The van der Waals surface area contributed by atoms with Crippen molar-refractivity contribution in [2.45, 2.75) is 26.8 Å². The SMILES string of the molecule is CCCOc1ccc(Nc2nccn2CC)cc1. The fourth-order valence-corrected chi connectivity index (χ4v) is 1.67. The van der Waals surface area contributed by atoms with Gasteiger partial charge in [0.05, 0.1) is 6.61 Å². The van der Waals surface area contributed by atoms with Crippen LogP contribution in [0.5, 0.6) is 5.75 Å². The fraction of sp³-hybridized carbons (Fsp3) is 0.357. The maximum Gasteiger partial charge on any atom is 0.207 e. The molecule has 0 saturated carbocycles. The summed E-state index contributed by atoms with van der Waals surface area (Å²) in [5.41, 5.74) is 1.01. The van der Waals surface area contributed by atoms with E-state index in [1.807, 2.05) is 30.5 Å². The van der Waals surface area contributed by atoms with Gasteiger partial charge in [-0.25, -0.2) is 4.98 Å². The highest BCUT2D eigenvalue weighted by Gasteiger charge is 2.01. The molecular formula is C14H19N3O. The monoisotopic (exact) mass is 245 g/mol. The Morgan fingerprint density at radius 2 is 2.00 bits per heavy atom. The minimum atomic E-state index is 0.757. The van der Waals surface area contributed by atoms with Crippen molar-refractivity contribution in [1.82, 2.24) is 9.55 Å². The highest BCUT2D eigenvalue weighted by Crippen LogP contribution is 2.19. The average molecular weight is 245 g/mol. The summed E-state index contributed by atoms with van der Waals surface area (Å²) in [5, 5.41) is 3.28. The summed E-state index contributed by atoms with van der Waals surface area (Å²) >= 11 is 0. The zero-order valence-electron chi connectivity index (χ0n) is 10.9. The lowest BCUT2D eigenvalue weighted by Crippen LogP contribution is -2.01. The van der Waals surface area contributed by atoms with Crippen LogP contribution in [0.25, 0.3) is 0 Å². The molecule has 1 aromatic heterocycles. The summed E-state index contributed by atoms with van der Waals surface area (Å²) in [7, 11) is 0. The van der Waals surface area contributed by atoms with Crippen molar-refractivity contribution < 1.29 is 4.74 Å². The van der Waals surface area contributed by atoms with E-state index in [-0.39, 0.29) is 0 Å². The molecule has 1 N–H and O–H groups in total. The number of hydrogen-bond acceptors (Lipinski definition) is 3. The Bertz CT molecular complexity index is 476. The molecule has 2 aromatic rings. The molecule has 4 nitrogen and oxygen atoms in total. The molecule has 0 atom stereocenters. The van der Waals surface area contributed by atoms with Crippen molar-refractivity contribution in [3.05, 3.63) is 36.7 Å². The number of imidazole rings is 1. The Morgan fingerprint density at radius 1 is 1.22 bits per heavy atom. The molecule has 96 valence electrons. The molecule has 4 heteroatoms. The summed E-state index contributed by atoms with van der Waals surface area (Å²) in [6.45, 7) is 5.85. The van der Waals surface area contributed by atoms with Gasteiger partial charge in [-0.2, -0.15) is 0 Å². The molecule has 1 aromatic carbocycles. The first-order valence-corrected chi connectivity index (χ1v) is 6.34. The van der Waals surface area contributed by atoms with Crippen molar-refractivity contribution in [2.75, 3.05) is 11.9 Å². The van der Waals surface area contributed by atoms with Crippen molar-refractivity contribution >= 4 is 11.6 Å². The summed E-state index contributed by atoms with van der Waals surface area (Å²) in [4.78, 5) is 4.27. The number of hydrogen-bond donors (Lipinski definition) is 1. The van der Waals surface area contributed by atoms with Gasteiger partial charge in [0.2, 0.25) is 5.95 Å². The Hall–Kier alpha value is -1.97. The molecule has 0 spiro atoms. The van der Waals surface area contributed by atoms with Crippen LogP contribution in [-0.2, 0) is 6.54 Å². The molecule has 18 heavy (non-hydrogen) atoms. The molecule has 0 fully saturated rings. The summed E-state index contributed by atoms with van der Waals surface area (Å²) in [6, 6.07) is 7.94. The predicted octanol–water partition coefficient (Wildman–Crippen LogP) is 3.44. The van der Waals surface area contributed by atoms with Gasteiger partial charge in [-0.15, -0.1) is 0 Å². The van der Waals surface area contributed by atoms with E-state index in [0.29, 0.717) is 0 Å². The Labute approximate surface area is 108 Å². The number of nitrogens with one attached hydrogen (secondary N) is 1. The third-order valence-corrected chi connectivity index (χ3v) is 2.64. The van der Waals surface area contributed by atoms with Crippen molar-refractivity contribution in [2.24, 2.45) is 0 Å². The van der Waals surface area contributed by atoms with Crippen LogP contribution in [0.1, 0.15) is 20.3 Å². The molecule has 1 heterocycles. The minimum Gasteiger partial charge on any atom is -0.494 e. The first kappa shape index (κ1) is 12.5. The lowest BCUT2D eigenvalue weighted by molar-refractivity contribution is 0.317. The smallest absolute Gasteiger partial charge is 0.207 e. The fourth-order valence-electron chi connectivity index (χ4n) is 1.67. The first-order chi connectivity index (χ1) is 8.83. The highest BCUT2D eigenvalue weighted by atomic mass is 16.5. The van der Waals surface area contributed by atoms with Crippen LogP contribution in [0.2, 0.25) is 0 Å². The zero-order valence-corrected chi connectivity index (χ0v) is 10.9. The molecule has 0 amide bonds. The van der Waals surface area contributed by atoms with Gasteiger partial charge in [-0.05, 0) is 37.6 Å². The lowest BCUT2D eigenvalue weighted by Gasteiger charge is -2.09. The number of rotatable bonds is 6. The van der Waals surface area contributed by atoms with Crippen LogP contribution in [0.15, 0.2) is 36.7 Å². The van der Waals surface area contributed by atoms with Gasteiger partial charge in [0, 0.05) is 24.6 Å². The highest BCUT2D eigenvalue weighted by molar-refractivity contribution is 5.54. The second kappa shape index (κ2) is 6.10. The Balaban J connectivity index is 2.02. The summed E-state index contributed by atoms with van der Waals surface area (Å²) < 4.78 is 7.60. The second-order valence-electron chi connectivity index (χ2n) is 4.03. The van der Waals surface area contributed by atoms with Gasteiger partial charge in [-0.3, -0.25) is 0 Å². The maximum atomic E-state index is 5.54. The number of aryl methyl sites for hydroxylation is 1. The molecule has 0 unspecified atom stereocenters. The predicted molar refractivity (Wildman–Crippen MR) is 73.4 cm³/mol. The van der Waals surface area contributed by atoms with Gasteiger partial charge in [-0.1, -0.05) is 6.92 Å². The molecule has 0 aliphatic heterocycles. The average Bonchev–Trinajstić information content (AvgIpc) is 2.85. The normalized spacial score (nSPS) is 10.3. The number of aromatic nitrogens is 2. The Kier molecular flexibility index (Phi) is 4.23. The minimum absolute atomic E-state index is 0.757. The molecule has 0 bridgehead atoms. The maximum absolute atomic E-state index is 5.54. The van der Waals surface area contributed by atoms with E-state index in [2.05, 4.69) is 28.7 Å². The van der Waals surface area contributed by atoms with E-state index < -0.39 is 0 Å². The number of nitrogens with zero attached hydrogens (tertiary/aromatic N) is 2. The molecule has 0 aliphatic rings. The lowest BCUT2D eigenvalue weighted by atomic mass is 10.3. The first-order valence-electron chi connectivity index (χ1n) is 6.34. The number of benzene rings is 1. The van der Waals surface area contributed by atoms with Gasteiger partial charge in [0.1, 0.15) is 5.75 Å². The van der Waals surface area contributed by atoms with Crippen LogP contribution in [0.3, 0.4) is 0 Å². The van der Waals surface area contributed by atoms with Crippen LogP contribution >= 0.6 is 0 Å². The van der Waals surface area contributed by atoms with Gasteiger partial charge >= 0.3 is 0 Å². The van der Waals surface area contributed by atoms with E-state index in [1.165, 1.54) is 0 Å². The third kappa shape index (κ3) is 3.03. The van der Waals surface area contributed by atoms with E-state index in [1.54, 1.807) is 6.20 Å². The van der Waals surface area contributed by atoms with Gasteiger partial charge < -0.3 is 14.6 Å². The van der Waals surface area contributed by atoms with E-state index in [0.717, 1.165) is 37.0 Å². The summed E-state index contributed by atoms with van der Waals surface area (Å²) in [6.07, 6.45) is 4.78. The van der Waals surface area contributed by atoms with Gasteiger partial charge in [0.25, 0.3) is 0 Å². The van der Waals surface area contributed by atoms with E-state index in [9.17, 15) is 0 Å². The van der Waals surface area contributed by atoms with Crippen molar-refractivity contribution in [1.29, 1.82) is 0 Å². The molecular weight excluding hydrogens is 226 g/mol. The summed E-state index contributed by atoms with van der Waals surface area (Å²) in [5.74, 6) is 1.76. The van der Waals surface area contributed by atoms with Crippen LogP contribution in [0, 0.1) is 0 Å².